The van der Waals surface area contributed by atoms with E-state index in [4.69, 9.17) is 0 Å². The highest BCUT2D eigenvalue weighted by atomic mass is 16.2. The minimum atomic E-state index is 0.0337. The Morgan fingerprint density at radius 1 is 0.966 bits per heavy atom. The molecule has 0 radical (unpaired) electrons. The van der Waals surface area contributed by atoms with Crippen LogP contribution in [0.1, 0.15) is 45.6 Å². The van der Waals surface area contributed by atoms with Gasteiger partial charge in [0.05, 0.1) is 13.1 Å². The van der Waals surface area contributed by atoms with Gasteiger partial charge >= 0.3 is 0 Å². The molecule has 2 fully saturated rings. The van der Waals surface area contributed by atoms with Gasteiger partial charge in [-0.1, -0.05) is 25.1 Å². The monoisotopic (exact) mass is 400 g/mol. The number of piperidine rings is 1. The van der Waals surface area contributed by atoms with Gasteiger partial charge in [0.15, 0.2) is 0 Å². The predicted molar refractivity (Wildman–Crippen MR) is 117 cm³/mol. The highest BCUT2D eigenvalue weighted by molar-refractivity contribution is 5.93. The molecule has 6 heteroatoms. The van der Waals surface area contributed by atoms with E-state index in [0.29, 0.717) is 25.2 Å². The minimum Gasteiger partial charge on any atom is -0.336 e. The zero-order valence-electron chi connectivity index (χ0n) is 18.2. The van der Waals surface area contributed by atoms with Crippen LogP contribution in [0, 0.1) is 0 Å². The van der Waals surface area contributed by atoms with Gasteiger partial charge in [-0.2, -0.15) is 0 Å². The van der Waals surface area contributed by atoms with Crippen LogP contribution < -0.4 is 5.32 Å². The molecule has 0 saturated carbocycles. The molecule has 2 aliphatic rings. The molecule has 1 N–H and O–H groups in total. The number of rotatable bonds is 6. The lowest BCUT2D eigenvalue weighted by molar-refractivity contribution is -0.139. The molecule has 6 nitrogen and oxygen atoms in total. The second-order valence-electron chi connectivity index (χ2n) is 8.54. The van der Waals surface area contributed by atoms with Crippen molar-refractivity contribution in [3.8, 4) is 0 Å². The molecular weight excluding hydrogens is 364 g/mol. The third-order valence-corrected chi connectivity index (χ3v) is 6.34. The first-order valence-corrected chi connectivity index (χ1v) is 11.1. The number of hydrogen-bond donors (Lipinski definition) is 1. The number of amides is 2. The average Bonchev–Trinajstić information content (AvgIpc) is 2.69. The van der Waals surface area contributed by atoms with E-state index in [9.17, 15) is 9.59 Å². The number of likely N-dealkylation sites (tertiary alicyclic amines) is 1. The largest absolute Gasteiger partial charge is 0.336 e. The van der Waals surface area contributed by atoms with Crippen LogP contribution in [0.3, 0.4) is 0 Å². The molecule has 29 heavy (non-hydrogen) atoms. The van der Waals surface area contributed by atoms with Crippen molar-refractivity contribution in [2.24, 2.45) is 0 Å². The van der Waals surface area contributed by atoms with Crippen LogP contribution in [-0.4, -0.2) is 77.9 Å². The fourth-order valence-corrected chi connectivity index (χ4v) is 4.63. The van der Waals surface area contributed by atoms with Gasteiger partial charge in [-0.05, 0) is 51.2 Å². The summed E-state index contributed by atoms with van der Waals surface area (Å²) in [6.07, 6.45) is 4.34. The summed E-state index contributed by atoms with van der Waals surface area (Å²) in [7, 11) is 0. The van der Waals surface area contributed by atoms with E-state index in [0.717, 1.165) is 56.7 Å². The second kappa shape index (κ2) is 10.2. The molecule has 160 valence electrons. The topological polar surface area (TPSA) is 55.9 Å². The molecule has 0 spiro atoms. The van der Waals surface area contributed by atoms with Crippen LogP contribution in [0.15, 0.2) is 24.3 Å². The lowest BCUT2D eigenvalue weighted by Gasteiger charge is -2.41. The third-order valence-electron chi connectivity index (χ3n) is 6.34. The number of benzene rings is 1. The Morgan fingerprint density at radius 2 is 1.55 bits per heavy atom. The van der Waals surface area contributed by atoms with Crippen molar-refractivity contribution in [2.75, 3.05) is 44.6 Å². The van der Waals surface area contributed by atoms with Crippen LogP contribution in [0.5, 0.6) is 0 Å². The minimum absolute atomic E-state index is 0.0337. The summed E-state index contributed by atoms with van der Waals surface area (Å²) in [5, 5.41) is 3.05. The molecule has 0 unspecified atom stereocenters. The molecule has 3 rings (SSSR count). The molecule has 0 aromatic heterocycles. The molecule has 2 saturated heterocycles. The SMILES string of the molecule is CCc1ccccc1NC(=O)CN1CCN(CC(=O)N2[C@H](C)CCC[C@@H]2C)CC1. The fourth-order valence-electron chi connectivity index (χ4n) is 4.63. The highest BCUT2D eigenvalue weighted by Gasteiger charge is 2.30. The number of para-hydroxylation sites is 1. The Bertz CT molecular complexity index is 690. The number of aryl methyl sites for hydroxylation is 1. The van der Waals surface area contributed by atoms with E-state index >= 15 is 0 Å². The van der Waals surface area contributed by atoms with Crippen molar-refractivity contribution in [1.82, 2.24) is 14.7 Å². The average molecular weight is 401 g/mol. The second-order valence-corrected chi connectivity index (χ2v) is 8.54. The van der Waals surface area contributed by atoms with E-state index in [1.54, 1.807) is 0 Å². The van der Waals surface area contributed by atoms with Gasteiger partial charge in [0.2, 0.25) is 11.8 Å². The molecule has 1 aromatic rings. The summed E-state index contributed by atoms with van der Waals surface area (Å²) < 4.78 is 0. The van der Waals surface area contributed by atoms with Gasteiger partial charge in [0, 0.05) is 44.0 Å². The fraction of sp³-hybridized carbons (Fsp3) is 0.652. The lowest BCUT2D eigenvalue weighted by Crippen LogP contribution is -2.54. The van der Waals surface area contributed by atoms with E-state index < -0.39 is 0 Å². The predicted octanol–water partition coefficient (Wildman–Crippen LogP) is 2.59. The zero-order valence-corrected chi connectivity index (χ0v) is 18.2. The third kappa shape index (κ3) is 5.80. The van der Waals surface area contributed by atoms with Crippen LogP contribution in [0.2, 0.25) is 0 Å². The van der Waals surface area contributed by atoms with Crippen LogP contribution >= 0.6 is 0 Å². The molecule has 0 aliphatic carbocycles. The van der Waals surface area contributed by atoms with Gasteiger partial charge in [-0.3, -0.25) is 19.4 Å². The molecule has 0 bridgehead atoms. The summed E-state index contributed by atoms with van der Waals surface area (Å²) in [6, 6.07) is 8.66. The first kappa shape index (κ1) is 21.8. The highest BCUT2D eigenvalue weighted by Crippen LogP contribution is 2.23. The summed E-state index contributed by atoms with van der Waals surface area (Å²) in [5.41, 5.74) is 2.07. The molecule has 2 atom stereocenters. The van der Waals surface area contributed by atoms with Crippen LogP contribution in [-0.2, 0) is 16.0 Å². The molecule has 2 amide bonds. The van der Waals surface area contributed by atoms with Gasteiger partial charge in [-0.25, -0.2) is 0 Å². The van der Waals surface area contributed by atoms with E-state index in [2.05, 4.69) is 46.9 Å². The maximum absolute atomic E-state index is 12.8. The summed E-state index contributed by atoms with van der Waals surface area (Å²) >= 11 is 0. The van der Waals surface area contributed by atoms with Gasteiger partial charge in [0.1, 0.15) is 0 Å². The number of carbonyl (C=O) groups is 2. The first-order chi connectivity index (χ1) is 14.0. The van der Waals surface area contributed by atoms with Gasteiger partial charge in [-0.15, -0.1) is 0 Å². The Kier molecular flexibility index (Phi) is 7.67. The van der Waals surface area contributed by atoms with Crippen molar-refractivity contribution in [3.05, 3.63) is 29.8 Å². The van der Waals surface area contributed by atoms with E-state index in [1.165, 1.54) is 6.42 Å². The van der Waals surface area contributed by atoms with Crippen molar-refractivity contribution >= 4 is 17.5 Å². The van der Waals surface area contributed by atoms with Gasteiger partial charge in [0.25, 0.3) is 0 Å². The van der Waals surface area contributed by atoms with Crippen molar-refractivity contribution < 1.29 is 9.59 Å². The maximum atomic E-state index is 12.8. The Hall–Kier alpha value is -1.92. The van der Waals surface area contributed by atoms with E-state index in [1.807, 2.05) is 18.2 Å². The molecule has 2 aliphatic heterocycles. The Morgan fingerprint density at radius 3 is 2.17 bits per heavy atom. The van der Waals surface area contributed by atoms with Crippen molar-refractivity contribution in [2.45, 2.75) is 58.5 Å². The number of nitrogens with zero attached hydrogens (tertiary/aromatic N) is 3. The lowest BCUT2D eigenvalue weighted by atomic mass is 9.97. The summed E-state index contributed by atoms with van der Waals surface area (Å²) in [4.78, 5) is 31.8. The molecule has 1 aromatic carbocycles. The number of anilines is 1. The van der Waals surface area contributed by atoms with Crippen molar-refractivity contribution in [1.29, 1.82) is 0 Å². The van der Waals surface area contributed by atoms with Crippen LogP contribution in [0.25, 0.3) is 0 Å². The Balaban J connectivity index is 1.43. The molecule has 2 heterocycles. The summed E-state index contributed by atoms with van der Waals surface area (Å²) in [5.74, 6) is 0.290. The number of nitrogens with one attached hydrogen (secondary N) is 1. The standard InChI is InChI=1S/C23H36N4O2/c1-4-20-10-5-6-11-21(20)24-22(28)16-25-12-14-26(15-13-25)17-23(29)27-18(2)8-7-9-19(27)3/h5-6,10-11,18-19H,4,7-9,12-17H2,1-3H3,(H,24,28)/t18-,19+. The maximum Gasteiger partial charge on any atom is 0.238 e. The summed E-state index contributed by atoms with van der Waals surface area (Å²) in [6.45, 7) is 10.6. The normalized spacial score (nSPS) is 23.8. The quantitative estimate of drug-likeness (QED) is 0.798. The molecular formula is C23H36N4O2. The first-order valence-electron chi connectivity index (χ1n) is 11.1. The smallest absolute Gasteiger partial charge is 0.238 e. The Labute approximate surface area is 175 Å². The number of hydrogen-bond acceptors (Lipinski definition) is 4. The zero-order chi connectivity index (χ0) is 20.8. The van der Waals surface area contributed by atoms with Crippen LogP contribution in [0.4, 0.5) is 5.69 Å². The van der Waals surface area contributed by atoms with Crippen molar-refractivity contribution in [3.63, 3.8) is 0 Å². The number of carbonyl (C=O) groups excluding carboxylic acids is 2. The number of piperazine rings is 1. The van der Waals surface area contributed by atoms with Gasteiger partial charge < -0.3 is 10.2 Å². The van der Waals surface area contributed by atoms with E-state index in [-0.39, 0.29) is 11.8 Å².